The summed E-state index contributed by atoms with van der Waals surface area (Å²) in [6, 6.07) is 11.6. The van der Waals surface area contributed by atoms with Crippen LogP contribution in [0.4, 0.5) is 0 Å². The van der Waals surface area contributed by atoms with Crippen LogP contribution in [0.1, 0.15) is 50.1 Å². The Balaban J connectivity index is 1.67. The highest BCUT2D eigenvalue weighted by Crippen LogP contribution is 2.63. The van der Waals surface area contributed by atoms with Crippen LogP contribution in [0.3, 0.4) is 0 Å². The highest BCUT2D eigenvalue weighted by atomic mass is 14.7. The van der Waals surface area contributed by atoms with E-state index in [0.717, 1.165) is 17.8 Å². The lowest BCUT2D eigenvalue weighted by molar-refractivity contribution is -0.465. The molecule has 0 saturated heterocycles. The van der Waals surface area contributed by atoms with Gasteiger partial charge in [-0.15, -0.1) is 0 Å². The zero-order chi connectivity index (χ0) is 12.2. The highest BCUT2D eigenvalue weighted by Gasteiger charge is 2.55. The summed E-state index contributed by atoms with van der Waals surface area (Å²) in [6.07, 6.45) is 8.97. The standard InChI is InChI=1S/C17H23N/c18-16(15-4-2-1-3-5-15)17-9-12-6-13(10-17)8-14(7-12)11-17/h1-5,12-14,16H,6-11,18H2/p+1/t12?,13?,14?,16-,17?/m0/s1. The summed E-state index contributed by atoms with van der Waals surface area (Å²) in [7, 11) is 0. The molecule has 4 aliphatic carbocycles. The molecule has 3 N–H and O–H groups in total. The van der Waals surface area contributed by atoms with E-state index < -0.39 is 0 Å². The predicted octanol–water partition coefficient (Wildman–Crippen LogP) is 3.19. The van der Waals surface area contributed by atoms with Gasteiger partial charge in [-0.2, -0.15) is 0 Å². The van der Waals surface area contributed by atoms with E-state index in [1.807, 2.05) is 0 Å². The first-order valence-electron chi connectivity index (χ1n) is 7.63. The quantitative estimate of drug-likeness (QED) is 0.825. The Morgan fingerprint density at radius 1 is 0.889 bits per heavy atom. The summed E-state index contributed by atoms with van der Waals surface area (Å²) in [4.78, 5) is 0. The summed E-state index contributed by atoms with van der Waals surface area (Å²) in [5.74, 6) is 3.10. The molecule has 96 valence electrons. The maximum Gasteiger partial charge on any atom is 0.116 e. The Morgan fingerprint density at radius 3 is 1.89 bits per heavy atom. The van der Waals surface area contributed by atoms with Crippen molar-refractivity contribution in [2.45, 2.75) is 44.6 Å². The lowest BCUT2D eigenvalue weighted by Crippen LogP contribution is -2.65. The molecule has 4 bridgehead atoms. The molecule has 0 spiro atoms. The molecule has 0 aliphatic heterocycles. The lowest BCUT2D eigenvalue weighted by atomic mass is 9.47. The summed E-state index contributed by atoms with van der Waals surface area (Å²) in [6.45, 7) is 0. The first-order valence-corrected chi connectivity index (χ1v) is 7.63. The maximum absolute atomic E-state index is 4.60. The first-order chi connectivity index (χ1) is 8.75. The van der Waals surface area contributed by atoms with Gasteiger partial charge in [0.05, 0.1) is 0 Å². The van der Waals surface area contributed by atoms with E-state index in [2.05, 4.69) is 36.1 Å². The molecular weight excluding hydrogens is 218 g/mol. The van der Waals surface area contributed by atoms with Crippen LogP contribution in [0, 0.1) is 23.2 Å². The average molecular weight is 242 g/mol. The molecule has 1 heteroatoms. The van der Waals surface area contributed by atoms with Gasteiger partial charge in [0, 0.05) is 11.0 Å². The molecule has 1 nitrogen and oxygen atoms in total. The van der Waals surface area contributed by atoms with Gasteiger partial charge >= 0.3 is 0 Å². The zero-order valence-corrected chi connectivity index (χ0v) is 11.1. The minimum atomic E-state index is 0.520. The highest BCUT2D eigenvalue weighted by molar-refractivity contribution is 5.21. The van der Waals surface area contributed by atoms with Crippen LogP contribution in [-0.2, 0) is 0 Å². The fraction of sp³-hybridized carbons (Fsp3) is 0.647. The SMILES string of the molecule is [NH3+][C@@H](c1ccccc1)C12CC3CC(CC(C3)C1)C2. The predicted molar refractivity (Wildman–Crippen MR) is 72.7 cm³/mol. The number of hydrogen-bond donors (Lipinski definition) is 1. The Bertz CT molecular complexity index is 401. The normalized spacial score (nSPS) is 43.1. The van der Waals surface area contributed by atoms with Crippen LogP contribution in [-0.4, -0.2) is 0 Å². The largest absolute Gasteiger partial charge is 0.351 e. The number of rotatable bonds is 2. The first kappa shape index (κ1) is 11.0. The lowest BCUT2D eigenvalue weighted by Gasteiger charge is -2.57. The molecule has 4 fully saturated rings. The van der Waals surface area contributed by atoms with Crippen molar-refractivity contribution in [3.63, 3.8) is 0 Å². The molecule has 0 radical (unpaired) electrons. The van der Waals surface area contributed by atoms with Crippen molar-refractivity contribution in [1.82, 2.24) is 0 Å². The van der Waals surface area contributed by atoms with Crippen LogP contribution in [0.2, 0.25) is 0 Å². The van der Waals surface area contributed by atoms with Crippen LogP contribution in [0.25, 0.3) is 0 Å². The number of benzene rings is 1. The van der Waals surface area contributed by atoms with Gasteiger partial charge in [0.25, 0.3) is 0 Å². The minimum Gasteiger partial charge on any atom is -0.351 e. The molecule has 1 aromatic rings. The summed E-state index contributed by atoms with van der Waals surface area (Å²) < 4.78 is 0. The van der Waals surface area contributed by atoms with Crippen LogP contribution < -0.4 is 5.73 Å². The van der Waals surface area contributed by atoms with Crippen molar-refractivity contribution in [3.05, 3.63) is 35.9 Å². The number of hydrogen-bond acceptors (Lipinski definition) is 0. The van der Waals surface area contributed by atoms with Crippen LogP contribution in [0.15, 0.2) is 30.3 Å². The second kappa shape index (κ2) is 3.84. The monoisotopic (exact) mass is 242 g/mol. The Morgan fingerprint density at radius 2 is 1.39 bits per heavy atom. The van der Waals surface area contributed by atoms with Crippen LogP contribution >= 0.6 is 0 Å². The van der Waals surface area contributed by atoms with Gasteiger partial charge in [-0.25, -0.2) is 0 Å². The van der Waals surface area contributed by atoms with Crippen molar-refractivity contribution >= 4 is 0 Å². The van der Waals surface area contributed by atoms with Crippen molar-refractivity contribution in [2.24, 2.45) is 23.2 Å². The molecule has 0 amide bonds. The fourth-order valence-electron chi connectivity index (χ4n) is 5.64. The van der Waals surface area contributed by atoms with Gasteiger partial charge in [-0.1, -0.05) is 30.3 Å². The molecule has 0 unspecified atom stereocenters. The van der Waals surface area contributed by atoms with E-state index in [4.69, 9.17) is 0 Å². The van der Waals surface area contributed by atoms with Crippen molar-refractivity contribution in [2.75, 3.05) is 0 Å². The number of quaternary nitrogens is 1. The molecule has 0 aromatic heterocycles. The molecule has 0 heterocycles. The Labute approximate surface area is 110 Å². The fourth-order valence-corrected chi connectivity index (χ4v) is 5.64. The zero-order valence-electron chi connectivity index (χ0n) is 11.1. The van der Waals surface area contributed by atoms with Crippen molar-refractivity contribution in [3.8, 4) is 0 Å². The third-order valence-electron chi connectivity index (χ3n) is 6.03. The molecule has 4 aliphatic rings. The second-order valence-corrected chi connectivity index (χ2v) is 7.24. The summed E-state index contributed by atoms with van der Waals surface area (Å²) in [5, 5.41) is 0. The molecular formula is C17H24N+. The maximum atomic E-state index is 4.60. The van der Waals surface area contributed by atoms with Crippen molar-refractivity contribution in [1.29, 1.82) is 0 Å². The molecule has 5 rings (SSSR count). The summed E-state index contributed by atoms with van der Waals surface area (Å²) >= 11 is 0. The molecule has 4 saturated carbocycles. The minimum absolute atomic E-state index is 0.520. The third-order valence-corrected chi connectivity index (χ3v) is 6.03. The van der Waals surface area contributed by atoms with E-state index in [-0.39, 0.29) is 0 Å². The van der Waals surface area contributed by atoms with Gasteiger partial charge in [-0.3, -0.25) is 0 Å². The van der Waals surface area contributed by atoms with Gasteiger partial charge in [-0.05, 0) is 56.3 Å². The van der Waals surface area contributed by atoms with Gasteiger partial charge in [0.1, 0.15) is 6.04 Å². The second-order valence-electron chi connectivity index (χ2n) is 7.24. The van der Waals surface area contributed by atoms with Gasteiger partial charge in [0.2, 0.25) is 0 Å². The average Bonchev–Trinajstić information content (AvgIpc) is 2.37. The molecule has 18 heavy (non-hydrogen) atoms. The van der Waals surface area contributed by atoms with E-state index >= 15 is 0 Å². The topological polar surface area (TPSA) is 27.6 Å². The van der Waals surface area contributed by atoms with Gasteiger partial charge < -0.3 is 5.73 Å². The Kier molecular flexibility index (Phi) is 2.35. The smallest absolute Gasteiger partial charge is 0.116 e. The van der Waals surface area contributed by atoms with Crippen molar-refractivity contribution < 1.29 is 5.73 Å². The summed E-state index contributed by atoms with van der Waals surface area (Å²) in [5.41, 5.74) is 6.62. The Hall–Kier alpha value is -0.820. The molecule has 1 atom stereocenters. The van der Waals surface area contributed by atoms with E-state index in [9.17, 15) is 0 Å². The van der Waals surface area contributed by atoms with Gasteiger partial charge in [0.15, 0.2) is 0 Å². The van der Waals surface area contributed by atoms with E-state index in [0.29, 0.717) is 11.5 Å². The van der Waals surface area contributed by atoms with E-state index in [1.54, 1.807) is 0 Å². The molecule has 1 aromatic carbocycles. The van der Waals surface area contributed by atoms with Crippen LogP contribution in [0.5, 0.6) is 0 Å². The third kappa shape index (κ3) is 1.56. The van der Waals surface area contributed by atoms with E-state index in [1.165, 1.54) is 44.1 Å².